The summed E-state index contributed by atoms with van der Waals surface area (Å²) >= 11 is 0. The molecule has 0 spiro atoms. The fourth-order valence-electron chi connectivity index (χ4n) is 7.31. The van der Waals surface area contributed by atoms with Crippen LogP contribution in [-0.4, -0.2) is 33.5 Å². The van der Waals surface area contributed by atoms with Crippen molar-refractivity contribution in [2.75, 3.05) is 0 Å². The minimum Gasteiger partial charge on any atom is -0.481 e. The van der Waals surface area contributed by atoms with E-state index in [1.54, 1.807) is 0 Å². The molecule has 0 aromatic carbocycles. The van der Waals surface area contributed by atoms with E-state index >= 15 is 0 Å². The molecule has 0 amide bonds. The number of epoxide rings is 1. The molecule has 7 atom stereocenters. The van der Waals surface area contributed by atoms with E-state index in [0.717, 1.165) is 44.9 Å². The molecule has 0 bridgehead atoms. The molecule has 7 unspecified atom stereocenters. The lowest BCUT2D eigenvalue weighted by molar-refractivity contribution is -0.168. The van der Waals surface area contributed by atoms with Gasteiger partial charge in [-0.1, -0.05) is 27.2 Å². The van der Waals surface area contributed by atoms with E-state index in [-0.39, 0.29) is 16.9 Å². The van der Waals surface area contributed by atoms with Gasteiger partial charge in [0.15, 0.2) is 0 Å². The molecule has 4 heteroatoms. The van der Waals surface area contributed by atoms with Crippen molar-refractivity contribution in [1.82, 2.24) is 0 Å². The summed E-state index contributed by atoms with van der Waals surface area (Å²) in [5, 5.41) is 21.1. The molecule has 1 saturated heterocycles. The molecule has 1 heterocycles. The quantitative estimate of drug-likeness (QED) is 0.756. The van der Waals surface area contributed by atoms with Gasteiger partial charge in [0.2, 0.25) is 0 Å². The van der Waals surface area contributed by atoms with Gasteiger partial charge >= 0.3 is 5.97 Å². The molecule has 0 aromatic rings. The first-order chi connectivity index (χ1) is 11.1. The number of carboxylic acids is 1. The van der Waals surface area contributed by atoms with Crippen LogP contribution in [0.4, 0.5) is 0 Å². The third kappa shape index (κ3) is 1.65. The van der Waals surface area contributed by atoms with Crippen LogP contribution in [0, 0.1) is 28.6 Å². The average Bonchev–Trinajstić information content (AvgIpc) is 3.20. The molecule has 3 saturated carbocycles. The highest BCUT2D eigenvalue weighted by Gasteiger charge is 2.85. The number of hydrogen-bond donors (Lipinski definition) is 2. The molecule has 4 fully saturated rings. The molecule has 1 aliphatic heterocycles. The van der Waals surface area contributed by atoms with E-state index in [2.05, 4.69) is 20.8 Å². The van der Waals surface area contributed by atoms with Crippen LogP contribution in [-0.2, 0) is 9.53 Å². The first-order valence-electron chi connectivity index (χ1n) is 9.76. The van der Waals surface area contributed by atoms with Crippen molar-refractivity contribution >= 4 is 5.97 Å². The fraction of sp³-hybridized carbons (Fsp3) is 0.950. The number of carboxylic acid groups (broad SMARTS) is 1. The highest BCUT2D eigenvalue weighted by atomic mass is 16.6. The summed E-state index contributed by atoms with van der Waals surface area (Å²) in [4.78, 5) is 12.1. The Morgan fingerprint density at radius 2 is 1.83 bits per heavy atom. The molecule has 24 heavy (non-hydrogen) atoms. The number of rotatable bonds is 2. The summed E-state index contributed by atoms with van der Waals surface area (Å²) in [7, 11) is 0. The van der Waals surface area contributed by atoms with Crippen molar-refractivity contribution in [2.45, 2.75) is 89.9 Å². The monoisotopic (exact) mass is 336 g/mol. The van der Waals surface area contributed by atoms with Gasteiger partial charge in [0.05, 0.1) is 11.5 Å². The summed E-state index contributed by atoms with van der Waals surface area (Å²) in [6.07, 6.45) is 6.00. The maximum absolute atomic E-state index is 12.1. The number of aliphatic hydroxyl groups excluding tert-OH is 1. The number of hydrogen-bond acceptors (Lipinski definition) is 3. The van der Waals surface area contributed by atoms with Crippen LogP contribution >= 0.6 is 0 Å². The second kappa shape index (κ2) is 4.76. The Kier molecular flexibility index (Phi) is 3.34. The summed E-state index contributed by atoms with van der Waals surface area (Å²) < 4.78 is 6.51. The molecule has 136 valence electrons. The Labute approximate surface area is 145 Å². The lowest BCUT2D eigenvalue weighted by Crippen LogP contribution is -2.63. The largest absolute Gasteiger partial charge is 0.481 e. The van der Waals surface area contributed by atoms with Gasteiger partial charge in [-0.2, -0.15) is 0 Å². The van der Waals surface area contributed by atoms with Gasteiger partial charge in [-0.15, -0.1) is 0 Å². The van der Waals surface area contributed by atoms with Gasteiger partial charge in [0.1, 0.15) is 11.2 Å². The van der Waals surface area contributed by atoms with Crippen molar-refractivity contribution in [3.63, 3.8) is 0 Å². The SMILES string of the molecule is CC(C)C1CCC23OC2(CCC2C(C)(C(=O)O)CCCC23C)C1O. The maximum atomic E-state index is 12.1. The molecular weight excluding hydrogens is 304 g/mol. The smallest absolute Gasteiger partial charge is 0.309 e. The third-order valence-corrected chi connectivity index (χ3v) is 8.71. The van der Waals surface area contributed by atoms with Crippen molar-refractivity contribution in [2.24, 2.45) is 28.6 Å². The summed E-state index contributed by atoms with van der Waals surface area (Å²) in [6.45, 7) is 8.59. The van der Waals surface area contributed by atoms with Crippen LogP contribution in [0.5, 0.6) is 0 Å². The first-order valence-corrected chi connectivity index (χ1v) is 9.76. The number of fused-ring (bicyclic) bond motifs is 1. The zero-order chi connectivity index (χ0) is 17.5. The molecule has 0 radical (unpaired) electrons. The first kappa shape index (κ1) is 16.8. The molecule has 2 N–H and O–H groups in total. The Bertz CT molecular complexity index is 574. The molecule has 4 rings (SSSR count). The van der Waals surface area contributed by atoms with E-state index in [1.807, 2.05) is 6.92 Å². The minimum absolute atomic E-state index is 0.125. The second-order valence-corrected chi connectivity index (χ2v) is 9.79. The van der Waals surface area contributed by atoms with E-state index < -0.39 is 23.1 Å². The Hall–Kier alpha value is -0.610. The topological polar surface area (TPSA) is 70.1 Å². The number of carbonyl (C=O) groups is 1. The van der Waals surface area contributed by atoms with Crippen LogP contribution in [0.25, 0.3) is 0 Å². The summed E-state index contributed by atoms with van der Waals surface area (Å²) in [5.41, 5.74) is -1.47. The molecule has 3 aliphatic carbocycles. The Balaban J connectivity index is 1.73. The molecule has 4 nitrogen and oxygen atoms in total. The van der Waals surface area contributed by atoms with Gasteiger partial charge in [-0.25, -0.2) is 0 Å². The number of ether oxygens (including phenoxy) is 1. The maximum Gasteiger partial charge on any atom is 0.309 e. The summed E-state index contributed by atoms with van der Waals surface area (Å²) in [6, 6.07) is 0. The highest BCUT2D eigenvalue weighted by Crippen LogP contribution is 2.77. The molecule has 4 aliphatic rings. The summed E-state index contributed by atoms with van der Waals surface area (Å²) in [5.74, 6) is 0.252. The normalized spacial score (nSPS) is 56.2. The van der Waals surface area contributed by atoms with Gasteiger partial charge in [-0.3, -0.25) is 4.79 Å². The Morgan fingerprint density at radius 3 is 2.46 bits per heavy atom. The molecular formula is C20H32O4. The second-order valence-electron chi connectivity index (χ2n) is 9.79. The predicted molar refractivity (Wildman–Crippen MR) is 90.5 cm³/mol. The lowest BCUT2D eigenvalue weighted by Gasteiger charge is -2.58. The van der Waals surface area contributed by atoms with Crippen LogP contribution in [0.3, 0.4) is 0 Å². The van der Waals surface area contributed by atoms with Gasteiger partial charge in [-0.05, 0) is 63.2 Å². The Morgan fingerprint density at radius 1 is 1.12 bits per heavy atom. The third-order valence-electron chi connectivity index (χ3n) is 8.71. The van der Waals surface area contributed by atoms with E-state index in [4.69, 9.17) is 4.74 Å². The predicted octanol–water partition coefficient (Wildman–Crippen LogP) is 3.61. The molecule has 0 aromatic heterocycles. The van der Waals surface area contributed by atoms with Crippen molar-refractivity contribution in [3.05, 3.63) is 0 Å². The number of aliphatic hydroxyl groups is 1. The number of aliphatic carboxylic acids is 1. The lowest BCUT2D eigenvalue weighted by atomic mass is 9.43. The van der Waals surface area contributed by atoms with E-state index in [1.165, 1.54) is 0 Å². The van der Waals surface area contributed by atoms with Crippen LogP contribution in [0.1, 0.15) is 72.6 Å². The van der Waals surface area contributed by atoms with Gasteiger partial charge in [0, 0.05) is 5.41 Å². The van der Waals surface area contributed by atoms with Crippen molar-refractivity contribution in [1.29, 1.82) is 0 Å². The van der Waals surface area contributed by atoms with Crippen LogP contribution in [0.2, 0.25) is 0 Å². The standard InChI is InChI=1S/C20H32O4/c1-12(2)13-6-11-20-18(4)9-5-8-17(3,16(22)23)14(18)7-10-19(20,24-20)15(13)21/h12-15,21H,5-11H2,1-4H3,(H,22,23). The zero-order valence-electron chi connectivity index (χ0n) is 15.5. The van der Waals surface area contributed by atoms with E-state index in [9.17, 15) is 15.0 Å². The zero-order valence-corrected chi connectivity index (χ0v) is 15.5. The fourth-order valence-corrected chi connectivity index (χ4v) is 7.31. The highest BCUT2D eigenvalue weighted by molar-refractivity contribution is 5.75. The van der Waals surface area contributed by atoms with Gasteiger partial charge in [0.25, 0.3) is 0 Å². The van der Waals surface area contributed by atoms with Gasteiger partial charge < -0.3 is 14.9 Å². The van der Waals surface area contributed by atoms with E-state index in [0.29, 0.717) is 11.8 Å². The average molecular weight is 336 g/mol. The van der Waals surface area contributed by atoms with Crippen molar-refractivity contribution < 1.29 is 19.7 Å². The minimum atomic E-state index is -0.653. The van der Waals surface area contributed by atoms with Crippen molar-refractivity contribution in [3.8, 4) is 0 Å². The van der Waals surface area contributed by atoms with Crippen LogP contribution < -0.4 is 0 Å². The van der Waals surface area contributed by atoms with Crippen LogP contribution in [0.15, 0.2) is 0 Å².